The molecule has 0 saturated carbocycles. The van der Waals surface area contributed by atoms with Gasteiger partial charge in [0, 0.05) is 22.7 Å². The molecule has 0 radical (unpaired) electrons. The van der Waals surface area contributed by atoms with Crippen LogP contribution >= 0.6 is 22.6 Å². The topological polar surface area (TPSA) is 32.3 Å². The first kappa shape index (κ1) is 16.7. The predicted octanol–water partition coefficient (Wildman–Crippen LogP) is 3.59. The van der Waals surface area contributed by atoms with Gasteiger partial charge in [0.15, 0.2) is 0 Å². The van der Waals surface area contributed by atoms with Crippen LogP contribution < -0.4 is 5.32 Å². The number of benzene rings is 1. The third kappa shape index (κ3) is 4.42. The Morgan fingerprint density at radius 3 is 2.90 bits per heavy atom. The molecule has 2 rings (SSSR count). The largest absolute Gasteiger partial charge is 0.337 e. The lowest BCUT2D eigenvalue weighted by Gasteiger charge is -2.31. The smallest absolute Gasteiger partial charge is 0.254 e. The molecule has 1 fully saturated rings. The summed E-state index contributed by atoms with van der Waals surface area (Å²) in [5.74, 6) is 0.178. The molecule has 21 heavy (non-hydrogen) atoms. The van der Waals surface area contributed by atoms with Crippen molar-refractivity contribution < 1.29 is 4.79 Å². The highest BCUT2D eigenvalue weighted by Crippen LogP contribution is 2.19. The molecule has 0 aliphatic carbocycles. The number of nitrogens with zero attached hydrogens (tertiary/aromatic N) is 1. The van der Waals surface area contributed by atoms with E-state index in [0.29, 0.717) is 6.04 Å². The summed E-state index contributed by atoms with van der Waals surface area (Å²) < 4.78 is 1.08. The highest BCUT2D eigenvalue weighted by Gasteiger charge is 2.22. The number of aryl methyl sites for hydroxylation is 1. The second-order valence-corrected chi connectivity index (χ2v) is 6.91. The fraction of sp³-hybridized carbons (Fsp3) is 0.588. The molecule has 1 aliphatic heterocycles. The maximum Gasteiger partial charge on any atom is 0.254 e. The van der Waals surface area contributed by atoms with Gasteiger partial charge in [-0.15, -0.1) is 0 Å². The number of piperidine rings is 1. The first-order valence-corrected chi connectivity index (χ1v) is 8.99. The molecular weight excluding hydrogens is 375 g/mol. The average molecular weight is 400 g/mol. The van der Waals surface area contributed by atoms with Gasteiger partial charge in [-0.25, -0.2) is 0 Å². The third-order valence-electron chi connectivity index (χ3n) is 4.06. The molecular formula is C17H25IN2O. The van der Waals surface area contributed by atoms with Gasteiger partial charge in [-0.3, -0.25) is 4.79 Å². The number of carbonyl (C=O) groups excluding carboxylic acids is 1. The highest BCUT2D eigenvalue weighted by molar-refractivity contribution is 14.1. The molecule has 4 heteroatoms. The average Bonchev–Trinajstić information content (AvgIpc) is 2.50. The maximum atomic E-state index is 12.9. The third-order valence-corrected chi connectivity index (χ3v) is 5.49. The monoisotopic (exact) mass is 400 g/mol. The van der Waals surface area contributed by atoms with Crippen molar-refractivity contribution in [1.29, 1.82) is 0 Å². The Hall–Kier alpha value is -0.620. The number of rotatable bonds is 5. The van der Waals surface area contributed by atoms with Crippen molar-refractivity contribution in [1.82, 2.24) is 10.2 Å². The van der Waals surface area contributed by atoms with Crippen LogP contribution in [-0.2, 0) is 0 Å². The Balaban J connectivity index is 2.12. The van der Waals surface area contributed by atoms with Crippen LogP contribution in [0.4, 0.5) is 0 Å². The molecule has 1 N–H and O–H groups in total. The second kappa shape index (κ2) is 8.13. The summed E-state index contributed by atoms with van der Waals surface area (Å²) in [5, 5.41) is 3.54. The molecule has 1 amide bonds. The van der Waals surface area contributed by atoms with Gasteiger partial charge in [0.1, 0.15) is 0 Å². The van der Waals surface area contributed by atoms with Crippen LogP contribution in [0, 0.1) is 10.5 Å². The van der Waals surface area contributed by atoms with Crippen LogP contribution in [0.3, 0.4) is 0 Å². The molecule has 3 nitrogen and oxygen atoms in total. The van der Waals surface area contributed by atoms with Crippen LogP contribution in [0.5, 0.6) is 0 Å². The molecule has 0 bridgehead atoms. The van der Waals surface area contributed by atoms with Gasteiger partial charge >= 0.3 is 0 Å². The summed E-state index contributed by atoms with van der Waals surface area (Å²) in [6, 6.07) is 6.45. The van der Waals surface area contributed by atoms with Crippen molar-refractivity contribution in [3.63, 3.8) is 0 Å². The van der Waals surface area contributed by atoms with E-state index in [1.165, 1.54) is 24.8 Å². The zero-order valence-corrected chi connectivity index (χ0v) is 15.2. The van der Waals surface area contributed by atoms with Crippen molar-refractivity contribution in [2.75, 3.05) is 19.6 Å². The lowest BCUT2D eigenvalue weighted by molar-refractivity contribution is 0.0730. The maximum absolute atomic E-state index is 12.9. The van der Waals surface area contributed by atoms with Gasteiger partial charge in [-0.1, -0.05) is 25.5 Å². The number of nitrogens with one attached hydrogen (secondary N) is 1. The fourth-order valence-corrected chi connectivity index (χ4v) is 3.46. The number of amides is 1. The van der Waals surface area contributed by atoms with E-state index < -0.39 is 0 Å². The molecule has 116 valence electrons. The number of carbonyl (C=O) groups is 1. The quantitative estimate of drug-likeness (QED) is 0.767. The number of halogens is 1. The van der Waals surface area contributed by atoms with Crippen LogP contribution in [0.1, 0.15) is 48.5 Å². The van der Waals surface area contributed by atoms with Crippen LogP contribution in [-0.4, -0.2) is 36.5 Å². The number of hydrogen-bond acceptors (Lipinski definition) is 2. The molecule has 0 aromatic heterocycles. The van der Waals surface area contributed by atoms with Gasteiger partial charge in [0.05, 0.1) is 5.56 Å². The van der Waals surface area contributed by atoms with E-state index in [0.717, 1.165) is 35.2 Å². The SMILES string of the molecule is CCCN(CC1CCCCN1)C(=O)c1cccc(C)c1I. The van der Waals surface area contributed by atoms with Gasteiger partial charge < -0.3 is 10.2 Å². The zero-order chi connectivity index (χ0) is 15.2. The first-order chi connectivity index (χ1) is 10.1. The molecule has 1 aromatic carbocycles. The molecule has 1 aromatic rings. The minimum Gasteiger partial charge on any atom is -0.337 e. The van der Waals surface area contributed by atoms with Crippen LogP contribution in [0.15, 0.2) is 18.2 Å². The van der Waals surface area contributed by atoms with Gasteiger partial charge in [-0.2, -0.15) is 0 Å². The van der Waals surface area contributed by atoms with Crippen molar-refractivity contribution in [3.05, 3.63) is 32.9 Å². The Bertz CT molecular complexity index is 484. The summed E-state index contributed by atoms with van der Waals surface area (Å²) in [4.78, 5) is 14.9. The second-order valence-electron chi connectivity index (χ2n) is 5.83. The highest BCUT2D eigenvalue weighted by atomic mass is 127. The van der Waals surface area contributed by atoms with E-state index >= 15 is 0 Å². The Morgan fingerprint density at radius 2 is 2.24 bits per heavy atom. The lowest BCUT2D eigenvalue weighted by atomic mass is 10.0. The van der Waals surface area contributed by atoms with Crippen molar-refractivity contribution >= 4 is 28.5 Å². The van der Waals surface area contributed by atoms with Gasteiger partial charge in [-0.05, 0) is 67.0 Å². The van der Waals surface area contributed by atoms with Crippen LogP contribution in [0.25, 0.3) is 0 Å². The zero-order valence-electron chi connectivity index (χ0n) is 13.0. The minimum absolute atomic E-state index is 0.178. The number of hydrogen-bond donors (Lipinski definition) is 1. The summed E-state index contributed by atoms with van der Waals surface area (Å²) in [6.07, 6.45) is 4.71. The Labute approximate surface area is 141 Å². The normalized spacial score (nSPS) is 18.5. The lowest BCUT2D eigenvalue weighted by Crippen LogP contribution is -2.46. The summed E-state index contributed by atoms with van der Waals surface area (Å²) in [5.41, 5.74) is 2.02. The first-order valence-electron chi connectivity index (χ1n) is 7.91. The van der Waals surface area contributed by atoms with E-state index in [1.54, 1.807) is 0 Å². The van der Waals surface area contributed by atoms with Crippen molar-refractivity contribution in [2.45, 2.75) is 45.6 Å². The van der Waals surface area contributed by atoms with Gasteiger partial charge in [0.2, 0.25) is 0 Å². The van der Waals surface area contributed by atoms with E-state index in [9.17, 15) is 4.79 Å². The molecule has 1 atom stereocenters. The van der Waals surface area contributed by atoms with Crippen molar-refractivity contribution in [2.24, 2.45) is 0 Å². The van der Waals surface area contributed by atoms with E-state index in [4.69, 9.17) is 0 Å². The summed E-state index contributed by atoms with van der Waals surface area (Å²) >= 11 is 2.29. The Kier molecular flexibility index (Phi) is 6.48. The van der Waals surface area contributed by atoms with E-state index in [1.807, 2.05) is 17.0 Å². The molecule has 0 spiro atoms. The van der Waals surface area contributed by atoms with Gasteiger partial charge in [0.25, 0.3) is 5.91 Å². The molecule has 1 unspecified atom stereocenters. The fourth-order valence-electron chi connectivity index (χ4n) is 2.87. The molecule has 1 aliphatic rings. The summed E-state index contributed by atoms with van der Waals surface area (Å²) in [6.45, 7) is 6.94. The Morgan fingerprint density at radius 1 is 1.43 bits per heavy atom. The van der Waals surface area contributed by atoms with E-state index in [-0.39, 0.29) is 5.91 Å². The summed E-state index contributed by atoms with van der Waals surface area (Å²) in [7, 11) is 0. The van der Waals surface area contributed by atoms with Crippen molar-refractivity contribution in [3.8, 4) is 0 Å². The minimum atomic E-state index is 0.178. The molecule has 1 heterocycles. The molecule has 1 saturated heterocycles. The standard InChI is InChI=1S/C17H25IN2O/c1-3-11-20(12-14-8-4-5-10-19-14)17(21)15-9-6-7-13(2)16(15)18/h6-7,9,14,19H,3-5,8,10-12H2,1-2H3. The van der Waals surface area contributed by atoms with E-state index in [2.05, 4.69) is 47.8 Å². The predicted molar refractivity (Wildman–Crippen MR) is 95.7 cm³/mol. The van der Waals surface area contributed by atoms with Crippen LogP contribution in [0.2, 0.25) is 0 Å².